The second-order valence-electron chi connectivity index (χ2n) is 2.95. The van der Waals surface area contributed by atoms with E-state index in [1.54, 1.807) is 12.4 Å². The molecule has 4 heteroatoms. The molecule has 0 saturated carbocycles. The van der Waals surface area contributed by atoms with Crippen LogP contribution in [0.25, 0.3) is 0 Å². The molecule has 2 N–H and O–H groups in total. The Morgan fingerprint density at radius 3 is 2.38 bits per heavy atom. The van der Waals surface area contributed by atoms with Crippen molar-refractivity contribution in [3.63, 3.8) is 0 Å². The predicted molar refractivity (Wildman–Crippen MR) is 56.2 cm³/mol. The second-order valence-corrected chi connectivity index (χ2v) is 3.77. The molecule has 1 aromatic rings. The van der Waals surface area contributed by atoms with Gasteiger partial charge in [-0.05, 0) is 18.4 Å². The predicted octanol–water partition coefficient (Wildman–Crippen LogP) is 2.67. The van der Waals surface area contributed by atoms with Gasteiger partial charge in [-0.3, -0.25) is 4.98 Å². The van der Waals surface area contributed by atoms with Crippen molar-refractivity contribution in [1.29, 1.82) is 0 Å². The SMILES string of the molecule is CCC(N)Cc1c(Cl)cncc1Cl. The summed E-state index contributed by atoms with van der Waals surface area (Å²) < 4.78 is 0. The van der Waals surface area contributed by atoms with Crippen LogP contribution in [-0.2, 0) is 6.42 Å². The summed E-state index contributed by atoms with van der Waals surface area (Å²) in [6.07, 6.45) is 4.79. The third-order valence-electron chi connectivity index (χ3n) is 1.94. The summed E-state index contributed by atoms with van der Waals surface area (Å²) in [5.74, 6) is 0. The standard InChI is InChI=1S/C9H12Cl2N2/c1-2-6(12)3-7-8(10)4-13-5-9(7)11/h4-6H,2-3,12H2,1H3. The Balaban J connectivity index is 2.87. The molecule has 0 bridgehead atoms. The fraction of sp³-hybridized carbons (Fsp3) is 0.444. The third-order valence-corrected chi connectivity index (χ3v) is 2.59. The van der Waals surface area contributed by atoms with Crippen molar-refractivity contribution in [2.24, 2.45) is 5.73 Å². The van der Waals surface area contributed by atoms with E-state index in [9.17, 15) is 0 Å². The minimum atomic E-state index is 0.109. The van der Waals surface area contributed by atoms with Crippen LogP contribution in [0.2, 0.25) is 10.0 Å². The van der Waals surface area contributed by atoms with Gasteiger partial charge < -0.3 is 5.73 Å². The van der Waals surface area contributed by atoms with E-state index in [1.165, 1.54) is 0 Å². The molecule has 1 unspecified atom stereocenters. The van der Waals surface area contributed by atoms with Gasteiger partial charge in [0.2, 0.25) is 0 Å². The molecule has 0 amide bonds. The molecule has 0 radical (unpaired) electrons. The van der Waals surface area contributed by atoms with E-state index in [-0.39, 0.29) is 6.04 Å². The maximum Gasteiger partial charge on any atom is 0.0636 e. The number of pyridine rings is 1. The number of halogens is 2. The van der Waals surface area contributed by atoms with Crippen molar-refractivity contribution in [2.45, 2.75) is 25.8 Å². The summed E-state index contributed by atoms with van der Waals surface area (Å²) in [7, 11) is 0. The van der Waals surface area contributed by atoms with Gasteiger partial charge in [-0.1, -0.05) is 30.1 Å². The van der Waals surface area contributed by atoms with Crippen LogP contribution in [0.15, 0.2) is 12.4 Å². The van der Waals surface area contributed by atoms with Crippen LogP contribution in [0.4, 0.5) is 0 Å². The molecule has 13 heavy (non-hydrogen) atoms. The molecular formula is C9H12Cl2N2. The van der Waals surface area contributed by atoms with Crippen LogP contribution >= 0.6 is 23.2 Å². The maximum atomic E-state index is 5.93. The zero-order valence-electron chi connectivity index (χ0n) is 7.43. The highest BCUT2D eigenvalue weighted by atomic mass is 35.5. The van der Waals surface area contributed by atoms with Gasteiger partial charge in [0, 0.05) is 18.4 Å². The summed E-state index contributed by atoms with van der Waals surface area (Å²) in [6.45, 7) is 2.04. The molecule has 0 fully saturated rings. The highest BCUT2D eigenvalue weighted by molar-refractivity contribution is 6.35. The molecule has 1 rings (SSSR count). The Hall–Kier alpha value is -0.310. The number of hydrogen-bond acceptors (Lipinski definition) is 2. The van der Waals surface area contributed by atoms with E-state index in [4.69, 9.17) is 28.9 Å². The lowest BCUT2D eigenvalue weighted by atomic mass is 10.1. The fourth-order valence-electron chi connectivity index (χ4n) is 1.04. The van der Waals surface area contributed by atoms with E-state index in [0.717, 1.165) is 12.0 Å². The highest BCUT2D eigenvalue weighted by Crippen LogP contribution is 2.24. The zero-order valence-corrected chi connectivity index (χ0v) is 8.94. The molecule has 1 atom stereocenters. The van der Waals surface area contributed by atoms with Gasteiger partial charge in [-0.25, -0.2) is 0 Å². The minimum Gasteiger partial charge on any atom is -0.327 e. The summed E-state index contributed by atoms with van der Waals surface area (Å²) >= 11 is 11.9. The van der Waals surface area contributed by atoms with E-state index in [0.29, 0.717) is 16.5 Å². The first-order valence-electron chi connectivity index (χ1n) is 4.18. The van der Waals surface area contributed by atoms with Crippen LogP contribution in [0.3, 0.4) is 0 Å². The van der Waals surface area contributed by atoms with E-state index in [2.05, 4.69) is 4.98 Å². The molecular weight excluding hydrogens is 207 g/mol. The first-order chi connectivity index (χ1) is 6.15. The molecule has 2 nitrogen and oxygen atoms in total. The lowest BCUT2D eigenvalue weighted by molar-refractivity contribution is 0.646. The van der Waals surface area contributed by atoms with Gasteiger partial charge in [0.05, 0.1) is 10.0 Å². The van der Waals surface area contributed by atoms with Gasteiger partial charge in [-0.15, -0.1) is 0 Å². The van der Waals surface area contributed by atoms with Crippen LogP contribution in [-0.4, -0.2) is 11.0 Å². The number of rotatable bonds is 3. The molecule has 0 aliphatic carbocycles. The lowest BCUT2D eigenvalue weighted by Gasteiger charge is -2.10. The largest absolute Gasteiger partial charge is 0.327 e. The van der Waals surface area contributed by atoms with Crippen molar-refractivity contribution >= 4 is 23.2 Å². The molecule has 1 heterocycles. The van der Waals surface area contributed by atoms with Crippen LogP contribution in [0, 0.1) is 0 Å². The van der Waals surface area contributed by atoms with Crippen molar-refractivity contribution in [3.8, 4) is 0 Å². The van der Waals surface area contributed by atoms with Gasteiger partial charge in [0.25, 0.3) is 0 Å². The Labute approximate surface area is 88.1 Å². The molecule has 0 saturated heterocycles. The second kappa shape index (κ2) is 4.80. The highest BCUT2D eigenvalue weighted by Gasteiger charge is 2.09. The summed E-state index contributed by atoms with van der Waals surface area (Å²) in [5.41, 5.74) is 6.70. The summed E-state index contributed by atoms with van der Waals surface area (Å²) in [5, 5.41) is 1.19. The average Bonchev–Trinajstić information content (AvgIpc) is 2.11. The molecule has 1 aromatic heterocycles. The summed E-state index contributed by atoms with van der Waals surface area (Å²) in [6, 6.07) is 0.109. The molecule has 0 spiro atoms. The Bertz CT molecular complexity index is 269. The smallest absolute Gasteiger partial charge is 0.0636 e. The topological polar surface area (TPSA) is 38.9 Å². The zero-order chi connectivity index (χ0) is 9.84. The number of nitrogens with two attached hydrogens (primary N) is 1. The monoisotopic (exact) mass is 218 g/mol. The number of nitrogens with zero attached hydrogens (tertiary/aromatic N) is 1. The first-order valence-corrected chi connectivity index (χ1v) is 4.94. The van der Waals surface area contributed by atoms with Crippen molar-refractivity contribution < 1.29 is 0 Å². The Morgan fingerprint density at radius 2 is 1.92 bits per heavy atom. The molecule has 0 aromatic carbocycles. The Kier molecular flexibility index (Phi) is 3.97. The maximum absolute atomic E-state index is 5.93. The molecule has 0 aliphatic heterocycles. The van der Waals surface area contributed by atoms with Crippen LogP contribution in [0.1, 0.15) is 18.9 Å². The normalized spacial score (nSPS) is 12.9. The summed E-state index contributed by atoms with van der Waals surface area (Å²) in [4.78, 5) is 3.87. The van der Waals surface area contributed by atoms with Crippen LogP contribution in [0.5, 0.6) is 0 Å². The van der Waals surface area contributed by atoms with Crippen molar-refractivity contribution in [1.82, 2.24) is 4.98 Å². The van der Waals surface area contributed by atoms with Gasteiger partial charge in [0.1, 0.15) is 0 Å². The first kappa shape index (κ1) is 10.8. The molecule has 0 aliphatic rings. The van der Waals surface area contributed by atoms with Gasteiger partial charge in [-0.2, -0.15) is 0 Å². The van der Waals surface area contributed by atoms with Crippen molar-refractivity contribution in [3.05, 3.63) is 28.0 Å². The fourth-order valence-corrected chi connectivity index (χ4v) is 1.56. The van der Waals surface area contributed by atoms with Crippen LogP contribution < -0.4 is 5.73 Å². The number of aromatic nitrogens is 1. The number of hydrogen-bond donors (Lipinski definition) is 1. The Morgan fingerprint density at radius 1 is 1.38 bits per heavy atom. The van der Waals surface area contributed by atoms with Gasteiger partial charge >= 0.3 is 0 Å². The van der Waals surface area contributed by atoms with Crippen molar-refractivity contribution in [2.75, 3.05) is 0 Å². The van der Waals surface area contributed by atoms with E-state index in [1.807, 2.05) is 6.92 Å². The van der Waals surface area contributed by atoms with E-state index < -0.39 is 0 Å². The minimum absolute atomic E-state index is 0.109. The molecule has 72 valence electrons. The quantitative estimate of drug-likeness (QED) is 0.848. The third kappa shape index (κ3) is 2.83. The average molecular weight is 219 g/mol. The van der Waals surface area contributed by atoms with Gasteiger partial charge in [0.15, 0.2) is 0 Å². The lowest BCUT2D eigenvalue weighted by Crippen LogP contribution is -2.21. The van der Waals surface area contributed by atoms with E-state index >= 15 is 0 Å².